The van der Waals surface area contributed by atoms with E-state index in [0.29, 0.717) is 16.5 Å². The number of carbonyl (C=O) groups excluding carboxylic acids is 1. The molecule has 0 radical (unpaired) electrons. The van der Waals surface area contributed by atoms with Gasteiger partial charge < -0.3 is 5.32 Å². The standard InChI is InChI=1S/C19H21N3OS/c1-12(2)16-7-5-6-13(3)18(16)22-19(23)14(4)24-17-10-15(11-20)8-9-21-17/h5-10,12,14H,1-4H3,(H,22,23)/t14-/m1/s1. The maximum absolute atomic E-state index is 12.6. The number of anilines is 1. The summed E-state index contributed by atoms with van der Waals surface area (Å²) in [5, 5.41) is 12.4. The van der Waals surface area contributed by atoms with E-state index < -0.39 is 0 Å². The normalized spacial score (nSPS) is 11.8. The Bertz CT molecular complexity index is 780. The van der Waals surface area contributed by atoms with E-state index in [2.05, 4.69) is 30.2 Å². The minimum atomic E-state index is -0.314. The van der Waals surface area contributed by atoms with E-state index in [1.165, 1.54) is 11.8 Å². The van der Waals surface area contributed by atoms with Gasteiger partial charge in [-0.3, -0.25) is 4.79 Å². The summed E-state index contributed by atoms with van der Waals surface area (Å²) in [6.07, 6.45) is 1.59. The number of nitrogens with zero attached hydrogens (tertiary/aromatic N) is 2. The molecule has 0 saturated heterocycles. The second-order valence-electron chi connectivity index (χ2n) is 5.94. The van der Waals surface area contributed by atoms with E-state index in [-0.39, 0.29) is 11.2 Å². The van der Waals surface area contributed by atoms with Crippen molar-refractivity contribution in [1.82, 2.24) is 4.98 Å². The van der Waals surface area contributed by atoms with Crippen molar-refractivity contribution in [3.63, 3.8) is 0 Å². The largest absolute Gasteiger partial charge is 0.325 e. The van der Waals surface area contributed by atoms with E-state index in [1.54, 1.807) is 18.3 Å². The third-order valence-corrected chi connectivity index (χ3v) is 4.74. The molecule has 0 aliphatic carbocycles. The number of thioether (sulfide) groups is 1. The molecule has 1 N–H and O–H groups in total. The zero-order valence-corrected chi connectivity index (χ0v) is 15.1. The van der Waals surface area contributed by atoms with Crippen LogP contribution in [0.2, 0.25) is 0 Å². The first-order valence-corrected chi connectivity index (χ1v) is 8.73. The second-order valence-corrected chi connectivity index (χ2v) is 7.30. The highest BCUT2D eigenvalue weighted by Gasteiger charge is 2.18. The van der Waals surface area contributed by atoms with Gasteiger partial charge in [0.1, 0.15) is 0 Å². The highest BCUT2D eigenvalue weighted by molar-refractivity contribution is 8.00. The zero-order valence-electron chi connectivity index (χ0n) is 14.3. The molecule has 1 amide bonds. The van der Waals surface area contributed by atoms with E-state index in [1.807, 2.05) is 32.0 Å². The van der Waals surface area contributed by atoms with Crippen molar-refractivity contribution < 1.29 is 4.79 Å². The molecule has 1 atom stereocenters. The molecule has 0 saturated carbocycles. The van der Waals surface area contributed by atoms with Crippen molar-refractivity contribution >= 4 is 23.4 Å². The average Bonchev–Trinajstić information content (AvgIpc) is 2.56. The molecule has 2 rings (SSSR count). The second kappa shape index (κ2) is 7.98. The topological polar surface area (TPSA) is 65.8 Å². The lowest BCUT2D eigenvalue weighted by Gasteiger charge is -2.18. The van der Waals surface area contributed by atoms with Gasteiger partial charge in [-0.2, -0.15) is 5.26 Å². The highest BCUT2D eigenvalue weighted by Crippen LogP contribution is 2.29. The van der Waals surface area contributed by atoms with Crippen LogP contribution in [-0.4, -0.2) is 16.1 Å². The summed E-state index contributed by atoms with van der Waals surface area (Å²) in [5.74, 6) is 0.262. The summed E-state index contributed by atoms with van der Waals surface area (Å²) >= 11 is 1.35. The Morgan fingerprint density at radius 3 is 2.71 bits per heavy atom. The van der Waals surface area contributed by atoms with E-state index >= 15 is 0 Å². The smallest absolute Gasteiger partial charge is 0.237 e. The van der Waals surface area contributed by atoms with Crippen LogP contribution in [0, 0.1) is 18.3 Å². The Kier molecular flexibility index (Phi) is 5.99. The number of aromatic nitrogens is 1. The van der Waals surface area contributed by atoms with E-state index in [9.17, 15) is 4.79 Å². The van der Waals surface area contributed by atoms with Crippen LogP contribution >= 0.6 is 11.8 Å². The minimum absolute atomic E-state index is 0.0691. The zero-order chi connectivity index (χ0) is 17.7. The number of aryl methyl sites for hydroxylation is 1. The fourth-order valence-corrected chi connectivity index (χ4v) is 3.19. The maximum atomic E-state index is 12.6. The van der Waals surface area contributed by atoms with Gasteiger partial charge >= 0.3 is 0 Å². The third kappa shape index (κ3) is 4.36. The molecule has 1 aromatic carbocycles. The number of benzene rings is 1. The molecular weight excluding hydrogens is 318 g/mol. The van der Waals surface area contributed by atoms with Crippen molar-refractivity contribution in [2.75, 3.05) is 5.32 Å². The molecule has 0 fully saturated rings. The Morgan fingerprint density at radius 2 is 2.04 bits per heavy atom. The molecule has 124 valence electrons. The highest BCUT2D eigenvalue weighted by atomic mass is 32.2. The van der Waals surface area contributed by atoms with Crippen LogP contribution in [0.5, 0.6) is 0 Å². The fraction of sp³-hybridized carbons (Fsp3) is 0.316. The van der Waals surface area contributed by atoms with Gasteiger partial charge in [-0.15, -0.1) is 0 Å². The SMILES string of the molecule is Cc1cccc(C(C)C)c1NC(=O)[C@@H](C)Sc1cc(C#N)ccn1. The number of amides is 1. The van der Waals surface area contributed by atoms with Crippen LogP contribution in [0.1, 0.15) is 43.4 Å². The van der Waals surface area contributed by atoms with Crippen LogP contribution in [0.25, 0.3) is 0 Å². The molecule has 0 aliphatic rings. The van der Waals surface area contributed by atoms with Gasteiger partial charge in [-0.25, -0.2) is 4.98 Å². The molecule has 2 aromatic rings. The minimum Gasteiger partial charge on any atom is -0.325 e. The third-order valence-electron chi connectivity index (χ3n) is 3.71. The lowest BCUT2D eigenvalue weighted by atomic mass is 9.98. The van der Waals surface area contributed by atoms with Crippen LogP contribution in [0.4, 0.5) is 5.69 Å². The fourth-order valence-electron chi connectivity index (χ4n) is 2.35. The first kappa shape index (κ1) is 18.0. The quantitative estimate of drug-likeness (QED) is 0.814. The van der Waals surface area contributed by atoms with E-state index in [0.717, 1.165) is 16.8 Å². The number of nitrogens with one attached hydrogen (secondary N) is 1. The molecule has 4 nitrogen and oxygen atoms in total. The van der Waals surface area contributed by atoms with Gasteiger partial charge in [-0.1, -0.05) is 43.8 Å². The first-order chi connectivity index (χ1) is 11.4. The van der Waals surface area contributed by atoms with Gasteiger partial charge in [0.2, 0.25) is 5.91 Å². The number of nitriles is 1. The lowest BCUT2D eigenvalue weighted by Crippen LogP contribution is -2.24. The van der Waals surface area contributed by atoms with Crippen LogP contribution in [0.3, 0.4) is 0 Å². The van der Waals surface area contributed by atoms with Gasteiger partial charge in [-0.05, 0) is 43.0 Å². The molecule has 0 unspecified atom stereocenters. The molecule has 1 heterocycles. The molecule has 0 bridgehead atoms. The van der Waals surface area contributed by atoms with Crippen LogP contribution in [-0.2, 0) is 4.79 Å². The number of para-hydroxylation sites is 1. The molecule has 5 heteroatoms. The Morgan fingerprint density at radius 1 is 1.29 bits per heavy atom. The Balaban J connectivity index is 2.14. The Labute approximate surface area is 147 Å². The monoisotopic (exact) mass is 339 g/mol. The van der Waals surface area contributed by atoms with Crippen molar-refractivity contribution in [2.45, 2.75) is 43.9 Å². The molecule has 1 aromatic heterocycles. The molecule has 0 aliphatic heterocycles. The van der Waals surface area contributed by atoms with E-state index in [4.69, 9.17) is 5.26 Å². The van der Waals surface area contributed by atoms with Gasteiger partial charge in [0.05, 0.1) is 21.9 Å². The van der Waals surface area contributed by atoms with Gasteiger partial charge in [0, 0.05) is 11.9 Å². The maximum Gasteiger partial charge on any atom is 0.237 e. The van der Waals surface area contributed by atoms with Gasteiger partial charge in [0.15, 0.2) is 0 Å². The van der Waals surface area contributed by atoms with Crippen molar-refractivity contribution in [3.8, 4) is 6.07 Å². The van der Waals surface area contributed by atoms with Crippen molar-refractivity contribution in [1.29, 1.82) is 5.26 Å². The van der Waals surface area contributed by atoms with Gasteiger partial charge in [0.25, 0.3) is 0 Å². The first-order valence-electron chi connectivity index (χ1n) is 7.85. The molecule has 24 heavy (non-hydrogen) atoms. The predicted octanol–water partition coefficient (Wildman–Crippen LogP) is 4.50. The predicted molar refractivity (Wildman–Crippen MR) is 98.2 cm³/mol. The number of hydrogen-bond donors (Lipinski definition) is 1. The number of rotatable bonds is 5. The molecule has 0 spiro atoms. The summed E-state index contributed by atoms with van der Waals surface area (Å²) in [7, 11) is 0. The van der Waals surface area contributed by atoms with Crippen molar-refractivity contribution in [2.24, 2.45) is 0 Å². The lowest BCUT2D eigenvalue weighted by molar-refractivity contribution is -0.115. The molecular formula is C19H21N3OS. The summed E-state index contributed by atoms with van der Waals surface area (Å²) in [4.78, 5) is 16.8. The summed E-state index contributed by atoms with van der Waals surface area (Å²) in [5.41, 5.74) is 3.62. The van der Waals surface area contributed by atoms with Crippen LogP contribution in [0.15, 0.2) is 41.6 Å². The van der Waals surface area contributed by atoms with Crippen molar-refractivity contribution in [3.05, 3.63) is 53.2 Å². The summed E-state index contributed by atoms with van der Waals surface area (Å²) in [6, 6.07) is 11.5. The summed E-state index contributed by atoms with van der Waals surface area (Å²) in [6.45, 7) is 8.06. The number of hydrogen-bond acceptors (Lipinski definition) is 4. The number of carbonyl (C=O) groups is 1. The number of pyridine rings is 1. The van der Waals surface area contributed by atoms with Crippen LogP contribution < -0.4 is 5.32 Å². The average molecular weight is 339 g/mol. The summed E-state index contributed by atoms with van der Waals surface area (Å²) < 4.78 is 0. The Hall–Kier alpha value is -2.32.